The molecule has 0 heterocycles. The molecule has 0 bridgehead atoms. The van der Waals surface area contributed by atoms with E-state index in [-0.39, 0.29) is 34.9 Å². The maximum absolute atomic E-state index is 12.5. The first-order chi connectivity index (χ1) is 13.8. The fraction of sp³-hybridized carbons (Fsp3) is 0.211. The zero-order valence-corrected chi connectivity index (χ0v) is 15.4. The Morgan fingerprint density at radius 1 is 1.10 bits per heavy atom. The minimum atomic E-state index is -0.801. The van der Waals surface area contributed by atoms with E-state index < -0.39 is 37.0 Å². The maximum Gasteiger partial charge on any atom is 0.255 e. The van der Waals surface area contributed by atoms with Gasteiger partial charge in [0.1, 0.15) is 11.5 Å². The van der Waals surface area contributed by atoms with E-state index in [9.17, 15) is 24.6 Å². The molecule has 3 amide bonds. The third-order valence-corrected chi connectivity index (χ3v) is 3.77. The van der Waals surface area contributed by atoms with Crippen molar-refractivity contribution >= 4 is 23.4 Å². The smallest absolute Gasteiger partial charge is 0.255 e. The predicted molar refractivity (Wildman–Crippen MR) is 104 cm³/mol. The van der Waals surface area contributed by atoms with Crippen molar-refractivity contribution in [3.63, 3.8) is 0 Å². The van der Waals surface area contributed by atoms with Gasteiger partial charge < -0.3 is 37.1 Å². The van der Waals surface area contributed by atoms with Crippen LogP contribution in [0.1, 0.15) is 20.7 Å². The van der Waals surface area contributed by atoms with Gasteiger partial charge in [0, 0.05) is 23.9 Å². The molecule has 8 N–H and O–H groups in total. The number of para-hydroxylation sites is 1. The molecule has 0 aliphatic rings. The topological polar surface area (TPSA) is 177 Å². The molecule has 0 fully saturated rings. The van der Waals surface area contributed by atoms with Crippen molar-refractivity contribution in [2.75, 3.05) is 25.5 Å². The average molecular weight is 402 g/mol. The number of benzene rings is 2. The van der Waals surface area contributed by atoms with Gasteiger partial charge in [0.15, 0.2) is 6.61 Å². The third kappa shape index (κ3) is 6.40. The summed E-state index contributed by atoms with van der Waals surface area (Å²) >= 11 is 0. The second kappa shape index (κ2) is 9.95. The quantitative estimate of drug-likeness (QED) is 0.302. The van der Waals surface area contributed by atoms with Gasteiger partial charge in [-0.25, -0.2) is 0 Å². The minimum Gasteiger partial charge on any atom is -0.508 e. The summed E-state index contributed by atoms with van der Waals surface area (Å²) in [7, 11) is 0. The van der Waals surface area contributed by atoms with Crippen LogP contribution in [0.2, 0.25) is 0 Å². The molecule has 10 nitrogen and oxygen atoms in total. The molecule has 10 heteroatoms. The van der Waals surface area contributed by atoms with Crippen LogP contribution in [-0.4, -0.2) is 53.7 Å². The van der Waals surface area contributed by atoms with Gasteiger partial charge in [-0.2, -0.15) is 0 Å². The zero-order valence-electron chi connectivity index (χ0n) is 15.4. The first-order valence-corrected chi connectivity index (χ1v) is 8.59. The lowest BCUT2D eigenvalue weighted by Gasteiger charge is -2.18. The summed E-state index contributed by atoms with van der Waals surface area (Å²) in [5, 5.41) is 24.1. The molecule has 0 unspecified atom stereocenters. The van der Waals surface area contributed by atoms with Gasteiger partial charge in [-0.15, -0.1) is 0 Å². The van der Waals surface area contributed by atoms with Crippen LogP contribution in [0.4, 0.5) is 5.69 Å². The highest BCUT2D eigenvalue weighted by molar-refractivity contribution is 5.97. The number of nitrogen functional groups attached to an aromatic ring is 1. The molecular formula is C19H22N4O6. The second-order valence-corrected chi connectivity index (χ2v) is 6.13. The minimum absolute atomic E-state index is 0.0824. The fourth-order valence-corrected chi connectivity index (χ4v) is 2.44. The van der Waals surface area contributed by atoms with Crippen LogP contribution < -0.4 is 26.8 Å². The Bertz CT molecular complexity index is 882. The number of rotatable bonds is 9. The number of primary amides is 1. The van der Waals surface area contributed by atoms with Crippen LogP contribution in [0.15, 0.2) is 42.5 Å². The van der Waals surface area contributed by atoms with Crippen LogP contribution in [0.5, 0.6) is 11.5 Å². The Hall–Kier alpha value is -3.79. The number of aromatic hydroxyl groups is 1. The van der Waals surface area contributed by atoms with Crippen molar-refractivity contribution in [3.05, 3.63) is 53.6 Å². The van der Waals surface area contributed by atoms with E-state index in [1.54, 1.807) is 12.1 Å². The Balaban J connectivity index is 2.00. The molecule has 0 spiro atoms. The number of ether oxygens (including phenoxy) is 1. The Kier molecular flexibility index (Phi) is 7.38. The summed E-state index contributed by atoms with van der Waals surface area (Å²) < 4.78 is 5.21. The largest absolute Gasteiger partial charge is 0.508 e. The number of amides is 3. The van der Waals surface area contributed by atoms with Crippen molar-refractivity contribution in [3.8, 4) is 11.5 Å². The molecule has 0 aliphatic carbocycles. The van der Waals surface area contributed by atoms with Crippen molar-refractivity contribution in [1.82, 2.24) is 10.6 Å². The van der Waals surface area contributed by atoms with Gasteiger partial charge >= 0.3 is 0 Å². The molecule has 1 atom stereocenters. The van der Waals surface area contributed by atoms with Gasteiger partial charge in [0.05, 0.1) is 18.2 Å². The van der Waals surface area contributed by atoms with Crippen LogP contribution in [0.3, 0.4) is 0 Å². The first kappa shape index (κ1) is 21.5. The summed E-state index contributed by atoms with van der Waals surface area (Å²) in [6.07, 6.45) is 0. The Morgan fingerprint density at radius 3 is 2.48 bits per heavy atom. The van der Waals surface area contributed by atoms with Crippen molar-refractivity contribution in [2.24, 2.45) is 5.73 Å². The van der Waals surface area contributed by atoms with E-state index in [4.69, 9.17) is 16.2 Å². The lowest BCUT2D eigenvalue weighted by atomic mass is 10.1. The van der Waals surface area contributed by atoms with E-state index in [1.165, 1.54) is 30.3 Å². The monoisotopic (exact) mass is 402 g/mol. The fourth-order valence-electron chi connectivity index (χ4n) is 2.44. The van der Waals surface area contributed by atoms with E-state index in [2.05, 4.69) is 10.6 Å². The molecule has 0 aliphatic heterocycles. The number of aliphatic hydroxyl groups excluding tert-OH is 1. The number of hydrogen-bond acceptors (Lipinski definition) is 7. The molecule has 0 aromatic heterocycles. The highest BCUT2D eigenvalue weighted by atomic mass is 16.5. The summed E-state index contributed by atoms with van der Waals surface area (Å²) in [6, 6.07) is 9.33. The van der Waals surface area contributed by atoms with Crippen LogP contribution in [0, 0.1) is 0 Å². The van der Waals surface area contributed by atoms with Gasteiger partial charge in [0.25, 0.3) is 17.7 Å². The van der Waals surface area contributed by atoms with Gasteiger partial charge in [-0.05, 0) is 24.3 Å². The lowest BCUT2D eigenvalue weighted by Crippen LogP contribution is -2.46. The van der Waals surface area contributed by atoms with E-state index in [0.717, 1.165) is 0 Å². The van der Waals surface area contributed by atoms with Crippen molar-refractivity contribution < 1.29 is 29.3 Å². The number of carbonyl (C=O) groups excluding carboxylic acids is 3. The molecule has 0 radical (unpaired) electrons. The van der Waals surface area contributed by atoms with Crippen LogP contribution in [-0.2, 0) is 4.79 Å². The molecular weight excluding hydrogens is 380 g/mol. The van der Waals surface area contributed by atoms with Gasteiger partial charge in [-0.3, -0.25) is 14.4 Å². The summed E-state index contributed by atoms with van der Waals surface area (Å²) in [6.45, 7) is -0.920. The highest BCUT2D eigenvalue weighted by Crippen LogP contribution is 2.18. The average Bonchev–Trinajstić information content (AvgIpc) is 2.68. The number of phenols is 1. The standard InChI is InChI=1S/C19H22N4O6/c20-12-5-11(6-14(25)7-12)18(27)22-8-13(9-24)23-19(28)15-3-1-2-4-16(15)29-10-17(21)26/h1-7,13,24-25H,8-10,20H2,(H2,21,26)(H,22,27)(H,23,28)/t13-/m1/s1. The first-order valence-electron chi connectivity index (χ1n) is 8.59. The van der Waals surface area contributed by atoms with Gasteiger partial charge in [0.2, 0.25) is 0 Å². The number of carbonyl (C=O) groups is 3. The normalized spacial score (nSPS) is 11.3. The lowest BCUT2D eigenvalue weighted by molar-refractivity contribution is -0.119. The maximum atomic E-state index is 12.5. The summed E-state index contributed by atoms with van der Waals surface area (Å²) in [4.78, 5) is 35.6. The molecule has 2 aromatic rings. The summed E-state index contributed by atoms with van der Waals surface area (Å²) in [5.41, 5.74) is 11.1. The van der Waals surface area contributed by atoms with Crippen molar-refractivity contribution in [1.29, 1.82) is 0 Å². The van der Waals surface area contributed by atoms with Crippen LogP contribution in [0.25, 0.3) is 0 Å². The van der Waals surface area contributed by atoms with E-state index in [1.807, 2.05) is 0 Å². The Morgan fingerprint density at radius 2 is 1.83 bits per heavy atom. The highest BCUT2D eigenvalue weighted by Gasteiger charge is 2.18. The summed E-state index contributed by atoms with van der Waals surface area (Å²) in [5.74, 6) is -1.80. The molecule has 2 rings (SSSR count). The number of nitrogens with two attached hydrogens (primary N) is 2. The molecule has 0 saturated carbocycles. The van der Waals surface area contributed by atoms with Crippen molar-refractivity contribution in [2.45, 2.75) is 6.04 Å². The molecule has 2 aromatic carbocycles. The Labute approximate surface area is 166 Å². The molecule has 154 valence electrons. The number of aliphatic hydroxyl groups is 1. The number of anilines is 1. The van der Waals surface area contributed by atoms with Gasteiger partial charge in [-0.1, -0.05) is 12.1 Å². The van der Waals surface area contributed by atoms with E-state index in [0.29, 0.717) is 0 Å². The number of nitrogens with one attached hydrogen (secondary N) is 2. The van der Waals surface area contributed by atoms with Crippen LogP contribution >= 0.6 is 0 Å². The zero-order chi connectivity index (χ0) is 21.4. The second-order valence-electron chi connectivity index (χ2n) is 6.13. The molecule has 29 heavy (non-hydrogen) atoms. The third-order valence-electron chi connectivity index (χ3n) is 3.77. The number of phenolic OH excluding ortho intramolecular Hbond substituents is 1. The SMILES string of the molecule is NC(=O)COc1ccccc1C(=O)N[C@@H](CO)CNC(=O)c1cc(N)cc(O)c1. The number of hydrogen-bond donors (Lipinski definition) is 6. The van der Waals surface area contributed by atoms with E-state index >= 15 is 0 Å². The molecule has 0 saturated heterocycles. The predicted octanol–water partition coefficient (Wildman–Crippen LogP) is -0.641.